The molecule has 0 heterocycles. The number of hydrogen-bond acceptors (Lipinski definition) is 3. The minimum absolute atomic E-state index is 0.600. The number of rotatable bonds is 3. The SMILES string of the molecule is COc1c(OC)c2c(C=O)cccc2c2ccccc12. The summed E-state index contributed by atoms with van der Waals surface area (Å²) in [6.07, 6.45) is 0.846. The molecular formula is C17H14O3. The highest BCUT2D eigenvalue weighted by molar-refractivity contribution is 6.17. The van der Waals surface area contributed by atoms with E-state index in [1.165, 1.54) is 0 Å². The highest BCUT2D eigenvalue weighted by atomic mass is 16.5. The Balaban J connectivity index is 2.65. The van der Waals surface area contributed by atoms with Crippen molar-refractivity contribution >= 4 is 27.8 Å². The number of fused-ring (bicyclic) bond motifs is 3. The number of hydrogen-bond donors (Lipinski definition) is 0. The van der Waals surface area contributed by atoms with Crippen LogP contribution in [0.5, 0.6) is 11.5 Å². The van der Waals surface area contributed by atoms with Crippen molar-refractivity contribution in [2.75, 3.05) is 14.2 Å². The molecule has 0 bridgehead atoms. The Morgan fingerprint density at radius 1 is 0.800 bits per heavy atom. The van der Waals surface area contributed by atoms with Crippen LogP contribution in [0.4, 0.5) is 0 Å². The molecule has 3 rings (SSSR count). The van der Waals surface area contributed by atoms with Gasteiger partial charge in [0.1, 0.15) is 0 Å². The number of ether oxygens (including phenoxy) is 2. The van der Waals surface area contributed by atoms with E-state index < -0.39 is 0 Å². The van der Waals surface area contributed by atoms with Gasteiger partial charge in [-0.1, -0.05) is 42.5 Å². The van der Waals surface area contributed by atoms with E-state index in [1.807, 2.05) is 36.4 Å². The third-order valence-corrected chi connectivity index (χ3v) is 3.53. The summed E-state index contributed by atoms with van der Waals surface area (Å²) in [5.74, 6) is 1.26. The number of carbonyl (C=O) groups excluding carboxylic acids is 1. The highest BCUT2D eigenvalue weighted by Crippen LogP contribution is 2.44. The lowest BCUT2D eigenvalue weighted by Gasteiger charge is -2.16. The van der Waals surface area contributed by atoms with Crippen molar-refractivity contribution in [1.82, 2.24) is 0 Å². The Hall–Kier alpha value is -2.55. The van der Waals surface area contributed by atoms with Crippen molar-refractivity contribution in [2.45, 2.75) is 0 Å². The van der Waals surface area contributed by atoms with Crippen LogP contribution in [0.1, 0.15) is 10.4 Å². The zero-order valence-electron chi connectivity index (χ0n) is 11.3. The van der Waals surface area contributed by atoms with Gasteiger partial charge in [-0.05, 0) is 10.8 Å². The molecule has 0 unspecified atom stereocenters. The fourth-order valence-electron chi connectivity index (χ4n) is 2.70. The molecule has 0 atom stereocenters. The quantitative estimate of drug-likeness (QED) is 0.534. The van der Waals surface area contributed by atoms with Crippen molar-refractivity contribution in [3.05, 3.63) is 48.0 Å². The molecule has 0 radical (unpaired) electrons. The maximum absolute atomic E-state index is 11.3. The lowest BCUT2D eigenvalue weighted by Crippen LogP contribution is -1.96. The van der Waals surface area contributed by atoms with Crippen LogP contribution >= 0.6 is 0 Å². The van der Waals surface area contributed by atoms with E-state index in [0.29, 0.717) is 17.1 Å². The van der Waals surface area contributed by atoms with Gasteiger partial charge in [0.15, 0.2) is 17.8 Å². The first-order valence-corrected chi connectivity index (χ1v) is 6.32. The molecule has 3 aromatic rings. The molecule has 3 heteroatoms. The van der Waals surface area contributed by atoms with Crippen molar-refractivity contribution in [1.29, 1.82) is 0 Å². The molecule has 3 aromatic carbocycles. The lowest BCUT2D eigenvalue weighted by atomic mass is 9.97. The molecular weight excluding hydrogens is 252 g/mol. The Morgan fingerprint density at radius 2 is 1.45 bits per heavy atom. The van der Waals surface area contributed by atoms with Crippen LogP contribution in [0, 0.1) is 0 Å². The van der Waals surface area contributed by atoms with Gasteiger partial charge in [-0.25, -0.2) is 0 Å². The normalized spacial score (nSPS) is 10.7. The van der Waals surface area contributed by atoms with Gasteiger partial charge in [0.25, 0.3) is 0 Å². The van der Waals surface area contributed by atoms with E-state index in [9.17, 15) is 4.79 Å². The average Bonchev–Trinajstić information content (AvgIpc) is 2.52. The fourth-order valence-corrected chi connectivity index (χ4v) is 2.70. The number of methoxy groups -OCH3 is 2. The summed E-state index contributed by atoms with van der Waals surface area (Å²) in [7, 11) is 3.20. The summed E-state index contributed by atoms with van der Waals surface area (Å²) in [4.78, 5) is 11.3. The first-order valence-electron chi connectivity index (χ1n) is 6.32. The lowest BCUT2D eigenvalue weighted by molar-refractivity contribution is 0.112. The van der Waals surface area contributed by atoms with Crippen molar-refractivity contribution in [2.24, 2.45) is 0 Å². The first kappa shape index (κ1) is 12.5. The van der Waals surface area contributed by atoms with Crippen molar-refractivity contribution < 1.29 is 14.3 Å². The maximum atomic E-state index is 11.3. The summed E-state index contributed by atoms with van der Waals surface area (Å²) in [6.45, 7) is 0. The number of benzene rings is 3. The monoisotopic (exact) mass is 266 g/mol. The van der Waals surface area contributed by atoms with Gasteiger partial charge in [-0.3, -0.25) is 4.79 Å². The Labute approximate surface area is 116 Å². The Morgan fingerprint density at radius 3 is 2.10 bits per heavy atom. The number of carbonyl (C=O) groups is 1. The molecule has 0 saturated carbocycles. The second-order valence-corrected chi connectivity index (χ2v) is 4.50. The molecule has 0 saturated heterocycles. The minimum atomic E-state index is 0.600. The molecule has 0 spiro atoms. The highest BCUT2D eigenvalue weighted by Gasteiger charge is 2.17. The van der Waals surface area contributed by atoms with E-state index in [2.05, 4.69) is 0 Å². The maximum Gasteiger partial charge on any atom is 0.169 e. The standard InChI is InChI=1S/C17H14O3/c1-19-16-14-8-4-3-7-12(14)13-9-5-6-11(10-18)15(13)17(16)20-2/h3-10H,1-2H3. The van der Waals surface area contributed by atoms with Gasteiger partial charge >= 0.3 is 0 Å². The summed E-state index contributed by atoms with van der Waals surface area (Å²) in [5, 5.41) is 3.80. The molecule has 0 aromatic heterocycles. The average molecular weight is 266 g/mol. The second kappa shape index (κ2) is 4.85. The molecule has 0 aliphatic heterocycles. The van der Waals surface area contributed by atoms with E-state index >= 15 is 0 Å². The van der Waals surface area contributed by atoms with Gasteiger partial charge in [0.2, 0.25) is 0 Å². The van der Waals surface area contributed by atoms with E-state index in [4.69, 9.17) is 9.47 Å². The van der Waals surface area contributed by atoms with Crippen LogP contribution in [0.2, 0.25) is 0 Å². The molecule has 0 amide bonds. The van der Waals surface area contributed by atoms with Crippen LogP contribution < -0.4 is 9.47 Å². The van der Waals surface area contributed by atoms with Gasteiger partial charge in [0.05, 0.1) is 14.2 Å². The predicted octanol–water partition coefficient (Wildman–Crippen LogP) is 3.82. The van der Waals surface area contributed by atoms with E-state index in [0.717, 1.165) is 27.8 Å². The van der Waals surface area contributed by atoms with Gasteiger partial charge in [-0.2, -0.15) is 0 Å². The van der Waals surface area contributed by atoms with Gasteiger partial charge in [-0.15, -0.1) is 0 Å². The summed E-state index contributed by atoms with van der Waals surface area (Å²) in [5.41, 5.74) is 0.600. The molecule has 0 aliphatic carbocycles. The van der Waals surface area contributed by atoms with Gasteiger partial charge in [0, 0.05) is 16.3 Å². The van der Waals surface area contributed by atoms with Crippen LogP contribution in [0.15, 0.2) is 42.5 Å². The summed E-state index contributed by atoms with van der Waals surface area (Å²) < 4.78 is 11.0. The molecule has 0 aliphatic rings. The predicted molar refractivity (Wildman–Crippen MR) is 79.9 cm³/mol. The number of aldehydes is 1. The van der Waals surface area contributed by atoms with Gasteiger partial charge < -0.3 is 9.47 Å². The Bertz CT molecular complexity index is 806. The van der Waals surface area contributed by atoms with Crippen molar-refractivity contribution in [3.8, 4) is 11.5 Å². The van der Waals surface area contributed by atoms with Crippen LogP contribution in [0.3, 0.4) is 0 Å². The summed E-state index contributed by atoms with van der Waals surface area (Å²) >= 11 is 0. The summed E-state index contributed by atoms with van der Waals surface area (Å²) in [6, 6.07) is 13.6. The minimum Gasteiger partial charge on any atom is -0.492 e. The Kier molecular flexibility index (Phi) is 3.03. The van der Waals surface area contributed by atoms with E-state index in [1.54, 1.807) is 20.3 Å². The molecule has 20 heavy (non-hydrogen) atoms. The molecule has 3 nitrogen and oxygen atoms in total. The fraction of sp³-hybridized carbons (Fsp3) is 0.118. The van der Waals surface area contributed by atoms with Crippen molar-refractivity contribution in [3.63, 3.8) is 0 Å². The third kappa shape index (κ3) is 1.63. The van der Waals surface area contributed by atoms with Crippen LogP contribution in [-0.2, 0) is 0 Å². The topological polar surface area (TPSA) is 35.5 Å². The largest absolute Gasteiger partial charge is 0.492 e. The van der Waals surface area contributed by atoms with Crippen LogP contribution in [0.25, 0.3) is 21.5 Å². The first-order chi connectivity index (χ1) is 9.81. The molecule has 0 fully saturated rings. The van der Waals surface area contributed by atoms with Crippen LogP contribution in [-0.4, -0.2) is 20.5 Å². The zero-order valence-corrected chi connectivity index (χ0v) is 11.3. The second-order valence-electron chi connectivity index (χ2n) is 4.50. The molecule has 0 N–H and O–H groups in total. The van der Waals surface area contributed by atoms with E-state index in [-0.39, 0.29) is 0 Å². The third-order valence-electron chi connectivity index (χ3n) is 3.53. The molecule has 100 valence electrons. The zero-order chi connectivity index (χ0) is 14.1. The smallest absolute Gasteiger partial charge is 0.169 e.